The van der Waals surface area contributed by atoms with E-state index in [4.69, 9.17) is 5.73 Å². The third kappa shape index (κ3) is 6.41. The van der Waals surface area contributed by atoms with Crippen LogP contribution in [0.2, 0.25) is 0 Å². The molecular weight excluding hydrogens is 369 g/mol. The first-order valence-electron chi connectivity index (χ1n) is 9.41. The minimum atomic E-state index is -0.404. The van der Waals surface area contributed by atoms with Gasteiger partial charge < -0.3 is 11.1 Å². The number of carbonyl (C=O) groups is 1. The average molecular weight is 404 g/mol. The molecule has 0 aliphatic carbocycles. The molecule has 1 aromatic carbocycles. The van der Waals surface area contributed by atoms with Crippen molar-refractivity contribution in [3.63, 3.8) is 0 Å². The van der Waals surface area contributed by atoms with E-state index in [2.05, 4.69) is 54.4 Å². The van der Waals surface area contributed by atoms with E-state index in [0.29, 0.717) is 12.6 Å². The number of hydrogen-bond donors (Lipinski definition) is 2. The predicted octanol–water partition coefficient (Wildman–Crippen LogP) is 3.77. The quantitative estimate of drug-likeness (QED) is 0.694. The number of carbonyl (C=O) groups excluding carboxylic acids is 1. The number of likely N-dealkylation sites (tertiary alicyclic amines) is 1. The van der Waals surface area contributed by atoms with Gasteiger partial charge in [0.25, 0.3) is 0 Å². The van der Waals surface area contributed by atoms with Gasteiger partial charge in [0.2, 0.25) is 5.91 Å². The first kappa shape index (κ1) is 25.2. The van der Waals surface area contributed by atoms with Gasteiger partial charge in [0.15, 0.2) is 0 Å². The largest absolute Gasteiger partial charge is 0.354 e. The van der Waals surface area contributed by atoms with E-state index in [1.165, 1.54) is 18.4 Å². The zero-order valence-electron chi connectivity index (χ0n) is 16.1. The molecule has 0 radical (unpaired) electrons. The summed E-state index contributed by atoms with van der Waals surface area (Å²) >= 11 is 0. The Morgan fingerprint density at radius 1 is 1.19 bits per heavy atom. The molecule has 2 rings (SSSR count). The predicted molar refractivity (Wildman–Crippen MR) is 114 cm³/mol. The van der Waals surface area contributed by atoms with Crippen LogP contribution in [0.3, 0.4) is 0 Å². The summed E-state index contributed by atoms with van der Waals surface area (Å²) < 4.78 is 0. The molecule has 1 aliphatic heterocycles. The van der Waals surface area contributed by atoms with Crippen LogP contribution in [0, 0.1) is 5.41 Å². The van der Waals surface area contributed by atoms with Crippen LogP contribution in [0.5, 0.6) is 0 Å². The molecular formula is C20H35Cl2N3O. The number of rotatable bonds is 8. The normalized spacial score (nSPS) is 17.7. The van der Waals surface area contributed by atoms with E-state index in [9.17, 15) is 4.79 Å². The Labute approximate surface area is 171 Å². The Kier molecular flexibility index (Phi) is 12.2. The monoisotopic (exact) mass is 403 g/mol. The van der Waals surface area contributed by atoms with Crippen molar-refractivity contribution in [3.05, 3.63) is 35.9 Å². The third-order valence-corrected chi connectivity index (χ3v) is 5.70. The lowest BCUT2D eigenvalue weighted by molar-refractivity contribution is -0.131. The fourth-order valence-electron chi connectivity index (χ4n) is 3.67. The highest BCUT2D eigenvalue weighted by molar-refractivity contribution is 5.85. The molecule has 1 aromatic rings. The number of piperidine rings is 1. The lowest BCUT2D eigenvalue weighted by atomic mass is 9.81. The van der Waals surface area contributed by atoms with E-state index >= 15 is 0 Å². The van der Waals surface area contributed by atoms with Crippen LogP contribution in [0.4, 0.5) is 0 Å². The zero-order chi connectivity index (χ0) is 17.4. The van der Waals surface area contributed by atoms with Gasteiger partial charge in [0.1, 0.15) is 0 Å². The molecule has 1 fully saturated rings. The Morgan fingerprint density at radius 2 is 1.85 bits per heavy atom. The summed E-state index contributed by atoms with van der Waals surface area (Å²) in [7, 11) is 0. The summed E-state index contributed by atoms with van der Waals surface area (Å²) in [5, 5.41) is 3.20. The Bertz CT molecular complexity index is 501. The van der Waals surface area contributed by atoms with Gasteiger partial charge in [-0.25, -0.2) is 0 Å². The topological polar surface area (TPSA) is 58.4 Å². The van der Waals surface area contributed by atoms with Gasteiger partial charge in [-0.3, -0.25) is 9.69 Å². The fraction of sp³-hybridized carbons (Fsp3) is 0.650. The van der Waals surface area contributed by atoms with Crippen LogP contribution in [0.25, 0.3) is 0 Å². The number of nitrogens with two attached hydrogens (primary N) is 1. The maximum absolute atomic E-state index is 12.7. The molecule has 1 unspecified atom stereocenters. The number of benzene rings is 1. The fourth-order valence-corrected chi connectivity index (χ4v) is 3.67. The summed E-state index contributed by atoms with van der Waals surface area (Å²) in [6, 6.07) is 11.0. The highest BCUT2D eigenvalue weighted by atomic mass is 35.5. The lowest BCUT2D eigenvalue weighted by Gasteiger charge is -2.37. The van der Waals surface area contributed by atoms with Crippen molar-refractivity contribution in [2.45, 2.75) is 58.5 Å². The second-order valence-corrected chi connectivity index (χ2v) is 7.01. The molecule has 26 heavy (non-hydrogen) atoms. The lowest BCUT2D eigenvalue weighted by Crippen LogP contribution is -2.51. The number of halogens is 2. The van der Waals surface area contributed by atoms with Gasteiger partial charge in [0, 0.05) is 25.7 Å². The Balaban J connectivity index is 0.00000312. The van der Waals surface area contributed by atoms with Gasteiger partial charge in [0.05, 0.1) is 5.41 Å². The van der Waals surface area contributed by atoms with E-state index in [0.717, 1.165) is 38.9 Å². The molecule has 3 N–H and O–H groups in total. The second-order valence-electron chi connectivity index (χ2n) is 7.01. The van der Waals surface area contributed by atoms with Crippen LogP contribution in [-0.4, -0.2) is 36.5 Å². The van der Waals surface area contributed by atoms with Crippen molar-refractivity contribution in [3.8, 4) is 0 Å². The Hall–Kier alpha value is -0.810. The van der Waals surface area contributed by atoms with E-state index in [1.54, 1.807) is 0 Å². The molecule has 1 aliphatic rings. The highest BCUT2D eigenvalue weighted by Gasteiger charge is 2.34. The smallest absolute Gasteiger partial charge is 0.227 e. The number of amides is 1. The van der Waals surface area contributed by atoms with Gasteiger partial charge in [-0.05, 0) is 37.8 Å². The van der Waals surface area contributed by atoms with Crippen molar-refractivity contribution in [2.75, 3.05) is 19.6 Å². The molecule has 0 bridgehead atoms. The maximum atomic E-state index is 12.7. The van der Waals surface area contributed by atoms with E-state index in [-0.39, 0.29) is 30.7 Å². The molecule has 1 amide bonds. The summed E-state index contributed by atoms with van der Waals surface area (Å²) in [5.74, 6) is 0.125. The summed E-state index contributed by atoms with van der Waals surface area (Å²) in [4.78, 5) is 15.2. The molecule has 1 atom stereocenters. The number of nitrogens with one attached hydrogen (secondary N) is 1. The molecule has 0 saturated carbocycles. The molecule has 4 nitrogen and oxygen atoms in total. The van der Waals surface area contributed by atoms with Crippen LogP contribution >= 0.6 is 24.8 Å². The van der Waals surface area contributed by atoms with Gasteiger partial charge in [-0.2, -0.15) is 0 Å². The summed E-state index contributed by atoms with van der Waals surface area (Å²) in [5.41, 5.74) is 6.83. The van der Waals surface area contributed by atoms with Crippen molar-refractivity contribution in [1.82, 2.24) is 10.2 Å². The molecule has 0 aromatic heterocycles. The maximum Gasteiger partial charge on any atom is 0.227 e. The van der Waals surface area contributed by atoms with Crippen molar-refractivity contribution in [2.24, 2.45) is 11.1 Å². The molecule has 6 heteroatoms. The third-order valence-electron chi connectivity index (χ3n) is 5.70. The van der Waals surface area contributed by atoms with Gasteiger partial charge >= 0.3 is 0 Å². The van der Waals surface area contributed by atoms with E-state index < -0.39 is 5.41 Å². The molecule has 0 spiro atoms. The van der Waals surface area contributed by atoms with Crippen molar-refractivity contribution in [1.29, 1.82) is 0 Å². The zero-order valence-corrected chi connectivity index (χ0v) is 17.7. The Morgan fingerprint density at radius 3 is 2.42 bits per heavy atom. The second kappa shape index (κ2) is 12.6. The van der Waals surface area contributed by atoms with Crippen molar-refractivity contribution < 1.29 is 4.79 Å². The minimum Gasteiger partial charge on any atom is -0.354 e. The average Bonchev–Trinajstić information content (AvgIpc) is 2.64. The van der Waals surface area contributed by atoms with Crippen molar-refractivity contribution >= 4 is 30.7 Å². The van der Waals surface area contributed by atoms with Gasteiger partial charge in [-0.1, -0.05) is 50.6 Å². The van der Waals surface area contributed by atoms with Crippen LogP contribution in [0.15, 0.2) is 30.3 Å². The van der Waals surface area contributed by atoms with Crippen LogP contribution in [-0.2, 0) is 11.3 Å². The summed E-state index contributed by atoms with van der Waals surface area (Å²) in [6.07, 6.45) is 5.23. The van der Waals surface area contributed by atoms with Crippen LogP contribution in [0.1, 0.15) is 51.5 Å². The number of nitrogens with zero attached hydrogens (tertiary/aromatic N) is 1. The standard InChI is InChI=1S/C20H33N3O.2ClH/c1-3-20(4-2,16-21)19(24)22-14-18-12-8-9-13-23(18)15-17-10-6-5-7-11-17;;/h5-7,10-11,18H,3-4,8-9,12-16,21H2,1-2H3,(H,22,24);2*1H. The first-order valence-corrected chi connectivity index (χ1v) is 9.41. The SMILES string of the molecule is CCC(CC)(CN)C(=O)NCC1CCCCN1Cc1ccccc1.Cl.Cl. The van der Waals surface area contributed by atoms with Crippen LogP contribution < -0.4 is 11.1 Å². The minimum absolute atomic E-state index is 0. The molecule has 1 saturated heterocycles. The van der Waals surface area contributed by atoms with Gasteiger partial charge in [-0.15, -0.1) is 24.8 Å². The molecule has 1 heterocycles. The highest BCUT2D eigenvalue weighted by Crippen LogP contribution is 2.25. The first-order chi connectivity index (χ1) is 11.6. The molecule has 150 valence electrons. The number of hydrogen-bond acceptors (Lipinski definition) is 3. The van der Waals surface area contributed by atoms with E-state index in [1.807, 2.05) is 0 Å². The summed E-state index contributed by atoms with van der Waals surface area (Å²) in [6.45, 7) is 7.33.